The summed E-state index contributed by atoms with van der Waals surface area (Å²) in [5.74, 6) is -0.323. The molecule has 0 aliphatic rings. The summed E-state index contributed by atoms with van der Waals surface area (Å²) in [7, 11) is -4.28. The van der Waals surface area contributed by atoms with Crippen LogP contribution in [0.5, 0.6) is 0 Å². The van der Waals surface area contributed by atoms with Gasteiger partial charge in [0, 0.05) is 10.6 Å². The zero-order valence-corrected chi connectivity index (χ0v) is 16.3. The van der Waals surface area contributed by atoms with Gasteiger partial charge in [-0.3, -0.25) is 4.79 Å². The van der Waals surface area contributed by atoms with Crippen LogP contribution >= 0.6 is 11.3 Å². The van der Waals surface area contributed by atoms with E-state index >= 15 is 0 Å². The Bertz CT molecular complexity index is 904. The number of hydrogen-bond donors (Lipinski definition) is 2. The number of aryl methyl sites for hydroxylation is 2. The SMILES string of the molecule is CCCc1cc(C(=O)Nc2ccc(S(=O)(=O)NCC(F)(F)F)cc2)sc1C. The van der Waals surface area contributed by atoms with Gasteiger partial charge in [-0.05, 0) is 49.2 Å². The van der Waals surface area contributed by atoms with Crippen LogP contribution in [0.15, 0.2) is 35.2 Å². The van der Waals surface area contributed by atoms with Gasteiger partial charge in [-0.2, -0.15) is 13.2 Å². The Morgan fingerprint density at radius 3 is 2.37 bits per heavy atom. The zero-order chi connectivity index (χ0) is 20.2. The lowest BCUT2D eigenvalue weighted by molar-refractivity contribution is -0.121. The highest BCUT2D eigenvalue weighted by atomic mass is 32.2. The van der Waals surface area contributed by atoms with E-state index < -0.39 is 22.7 Å². The molecule has 0 bridgehead atoms. The number of carbonyl (C=O) groups excluding carboxylic acids is 1. The standard InChI is InChI=1S/C17H19F3N2O3S2/c1-3-4-12-9-15(26-11(12)2)16(23)22-13-5-7-14(8-6-13)27(24,25)21-10-17(18,19)20/h5-9,21H,3-4,10H2,1-2H3,(H,22,23). The van der Waals surface area contributed by atoms with E-state index in [1.54, 1.807) is 0 Å². The third-order valence-corrected chi connectivity index (χ3v) is 6.16. The van der Waals surface area contributed by atoms with Crippen LogP contribution in [0.25, 0.3) is 0 Å². The number of rotatable bonds is 7. The van der Waals surface area contributed by atoms with Crippen molar-refractivity contribution >= 4 is 33.0 Å². The van der Waals surface area contributed by atoms with E-state index in [9.17, 15) is 26.4 Å². The number of benzene rings is 1. The van der Waals surface area contributed by atoms with Gasteiger partial charge < -0.3 is 5.32 Å². The Balaban J connectivity index is 2.07. The molecule has 0 fully saturated rings. The predicted molar refractivity (Wildman–Crippen MR) is 98.7 cm³/mol. The van der Waals surface area contributed by atoms with Crippen molar-refractivity contribution in [2.24, 2.45) is 0 Å². The molecule has 148 valence electrons. The Morgan fingerprint density at radius 2 is 1.81 bits per heavy atom. The fourth-order valence-corrected chi connectivity index (χ4v) is 4.30. The molecule has 1 aromatic carbocycles. The van der Waals surface area contributed by atoms with E-state index in [0.29, 0.717) is 10.6 Å². The van der Waals surface area contributed by atoms with E-state index in [0.717, 1.165) is 35.4 Å². The Labute approximate surface area is 159 Å². The second kappa shape index (κ2) is 8.41. The molecule has 0 spiro atoms. The Morgan fingerprint density at radius 1 is 1.19 bits per heavy atom. The number of halogens is 3. The van der Waals surface area contributed by atoms with Gasteiger partial charge in [0.05, 0.1) is 9.77 Å². The normalized spacial score (nSPS) is 12.2. The molecule has 1 amide bonds. The van der Waals surface area contributed by atoms with Crippen LogP contribution in [0.2, 0.25) is 0 Å². The summed E-state index contributed by atoms with van der Waals surface area (Å²) in [6.07, 6.45) is -2.79. The minimum absolute atomic E-state index is 0.318. The summed E-state index contributed by atoms with van der Waals surface area (Å²) < 4.78 is 61.7. The van der Waals surface area contributed by atoms with Crippen LogP contribution in [0.3, 0.4) is 0 Å². The minimum atomic E-state index is -4.64. The van der Waals surface area contributed by atoms with Gasteiger partial charge in [-0.1, -0.05) is 13.3 Å². The predicted octanol–water partition coefficient (Wildman–Crippen LogP) is 4.10. The van der Waals surface area contributed by atoms with Crippen molar-refractivity contribution in [3.63, 3.8) is 0 Å². The average Bonchev–Trinajstić information content (AvgIpc) is 2.95. The molecule has 0 saturated carbocycles. The van der Waals surface area contributed by atoms with Gasteiger partial charge in [-0.25, -0.2) is 13.1 Å². The molecule has 0 radical (unpaired) electrons. The van der Waals surface area contributed by atoms with Crippen molar-refractivity contribution in [1.29, 1.82) is 0 Å². The summed E-state index contributed by atoms with van der Waals surface area (Å²) in [6, 6.07) is 6.76. The fourth-order valence-electron chi connectivity index (χ4n) is 2.32. The zero-order valence-electron chi connectivity index (χ0n) is 14.7. The van der Waals surface area contributed by atoms with Crippen LogP contribution < -0.4 is 10.0 Å². The van der Waals surface area contributed by atoms with Crippen molar-refractivity contribution in [2.75, 3.05) is 11.9 Å². The van der Waals surface area contributed by atoms with Crippen molar-refractivity contribution in [2.45, 2.75) is 37.8 Å². The fraction of sp³-hybridized carbons (Fsp3) is 0.353. The first-order valence-electron chi connectivity index (χ1n) is 8.09. The minimum Gasteiger partial charge on any atom is -0.321 e. The second-order valence-electron chi connectivity index (χ2n) is 5.86. The molecule has 0 unspecified atom stereocenters. The number of amides is 1. The molecule has 1 heterocycles. The van der Waals surface area contributed by atoms with Gasteiger partial charge in [0.1, 0.15) is 6.54 Å². The number of alkyl halides is 3. The molecule has 0 aliphatic heterocycles. The van der Waals surface area contributed by atoms with E-state index in [1.807, 2.05) is 13.0 Å². The monoisotopic (exact) mass is 420 g/mol. The van der Waals surface area contributed by atoms with Crippen LogP contribution in [0.4, 0.5) is 18.9 Å². The largest absolute Gasteiger partial charge is 0.402 e. The van der Waals surface area contributed by atoms with E-state index in [2.05, 4.69) is 12.2 Å². The average molecular weight is 420 g/mol. The molecule has 27 heavy (non-hydrogen) atoms. The maximum absolute atomic E-state index is 12.3. The summed E-state index contributed by atoms with van der Waals surface area (Å²) in [5.41, 5.74) is 1.46. The maximum Gasteiger partial charge on any atom is 0.402 e. The van der Waals surface area contributed by atoms with Crippen molar-refractivity contribution < 1.29 is 26.4 Å². The van der Waals surface area contributed by atoms with E-state index in [1.165, 1.54) is 28.2 Å². The Kier molecular flexibility index (Phi) is 6.66. The van der Waals surface area contributed by atoms with Gasteiger partial charge >= 0.3 is 6.18 Å². The molecular weight excluding hydrogens is 401 g/mol. The molecule has 2 rings (SSSR count). The first-order valence-corrected chi connectivity index (χ1v) is 10.4. The lowest BCUT2D eigenvalue weighted by atomic mass is 10.1. The number of anilines is 1. The third-order valence-electron chi connectivity index (χ3n) is 3.65. The first kappa shape index (κ1) is 21.4. The molecule has 10 heteroatoms. The molecule has 1 aromatic heterocycles. The number of carbonyl (C=O) groups is 1. The summed E-state index contributed by atoms with van der Waals surface area (Å²) in [6.45, 7) is 2.35. The molecular formula is C17H19F3N2O3S2. The van der Waals surface area contributed by atoms with Gasteiger partial charge in [0.15, 0.2) is 0 Å². The molecule has 0 aliphatic carbocycles. The van der Waals surface area contributed by atoms with Crippen LogP contribution in [0.1, 0.15) is 33.5 Å². The number of thiophene rings is 1. The van der Waals surface area contributed by atoms with E-state index in [-0.39, 0.29) is 10.8 Å². The lowest BCUT2D eigenvalue weighted by Crippen LogP contribution is -2.33. The number of nitrogens with one attached hydrogen (secondary N) is 2. The van der Waals surface area contributed by atoms with Crippen molar-refractivity contribution in [1.82, 2.24) is 4.72 Å². The van der Waals surface area contributed by atoms with Crippen molar-refractivity contribution in [3.05, 3.63) is 45.6 Å². The summed E-state index contributed by atoms with van der Waals surface area (Å²) >= 11 is 1.37. The Hall–Kier alpha value is -1.91. The highest BCUT2D eigenvalue weighted by Gasteiger charge is 2.30. The summed E-state index contributed by atoms with van der Waals surface area (Å²) in [5, 5.41) is 2.65. The molecule has 5 nitrogen and oxygen atoms in total. The maximum atomic E-state index is 12.3. The molecule has 2 N–H and O–H groups in total. The highest BCUT2D eigenvalue weighted by molar-refractivity contribution is 7.89. The van der Waals surface area contributed by atoms with Gasteiger partial charge in [0.2, 0.25) is 10.0 Å². The molecule has 0 atom stereocenters. The van der Waals surface area contributed by atoms with Crippen LogP contribution in [-0.4, -0.2) is 27.0 Å². The van der Waals surface area contributed by atoms with Crippen LogP contribution in [0, 0.1) is 6.92 Å². The smallest absolute Gasteiger partial charge is 0.321 e. The summed E-state index contributed by atoms with van der Waals surface area (Å²) in [4.78, 5) is 13.6. The first-order chi connectivity index (χ1) is 12.5. The van der Waals surface area contributed by atoms with Crippen molar-refractivity contribution in [3.8, 4) is 0 Å². The highest BCUT2D eigenvalue weighted by Crippen LogP contribution is 2.24. The molecule has 2 aromatic rings. The second-order valence-corrected chi connectivity index (χ2v) is 8.88. The number of sulfonamides is 1. The quantitative estimate of drug-likeness (QED) is 0.708. The topological polar surface area (TPSA) is 75.3 Å². The van der Waals surface area contributed by atoms with E-state index in [4.69, 9.17) is 0 Å². The third kappa shape index (κ3) is 6.05. The van der Waals surface area contributed by atoms with Gasteiger partial charge in [-0.15, -0.1) is 11.3 Å². The van der Waals surface area contributed by atoms with Crippen LogP contribution in [-0.2, 0) is 16.4 Å². The molecule has 0 saturated heterocycles. The van der Waals surface area contributed by atoms with Gasteiger partial charge in [0.25, 0.3) is 5.91 Å². The number of hydrogen-bond acceptors (Lipinski definition) is 4. The lowest BCUT2D eigenvalue weighted by Gasteiger charge is -2.10.